The Bertz CT molecular complexity index is 457. The smallest absolute Gasteiger partial charge is 0.317 e. The van der Waals surface area contributed by atoms with Crippen LogP contribution in [0.4, 0.5) is 10.1 Å². The summed E-state index contributed by atoms with van der Waals surface area (Å²) in [6, 6.07) is 2.43. The lowest BCUT2D eigenvalue weighted by atomic mass is 10.0. The minimum absolute atomic E-state index is 0.0289. The van der Waals surface area contributed by atoms with Gasteiger partial charge in [-0.1, -0.05) is 19.1 Å². The van der Waals surface area contributed by atoms with Crippen LogP contribution in [0.1, 0.15) is 18.9 Å². The first kappa shape index (κ1) is 13.2. The van der Waals surface area contributed by atoms with Crippen LogP contribution >= 0.6 is 0 Å². The lowest BCUT2D eigenvalue weighted by molar-refractivity contribution is -0.386. The van der Waals surface area contributed by atoms with Gasteiger partial charge in [0.05, 0.1) is 17.6 Å². The molecular weight excluding hydrogens is 225 g/mol. The molecular formula is C12H14FNO3. The zero-order valence-corrected chi connectivity index (χ0v) is 9.83. The molecule has 1 rings (SSSR count). The van der Waals surface area contributed by atoms with E-state index in [-0.39, 0.29) is 23.4 Å². The van der Waals surface area contributed by atoms with Crippen molar-refractivity contribution >= 4 is 5.69 Å². The van der Waals surface area contributed by atoms with Gasteiger partial charge in [-0.25, -0.2) is 4.39 Å². The predicted molar refractivity (Wildman–Crippen MR) is 62.7 cm³/mol. The Morgan fingerprint density at radius 3 is 2.71 bits per heavy atom. The number of hydrogen-bond acceptors (Lipinski definition) is 3. The number of rotatable bonds is 5. The molecule has 0 aliphatic carbocycles. The second-order valence-electron chi connectivity index (χ2n) is 3.61. The average Bonchev–Trinajstić information content (AvgIpc) is 2.30. The van der Waals surface area contributed by atoms with Crippen molar-refractivity contribution in [2.75, 3.05) is 7.11 Å². The first-order valence-electron chi connectivity index (χ1n) is 5.17. The Labute approximate surface area is 98.9 Å². The third-order valence-corrected chi connectivity index (χ3v) is 2.52. The number of hydrogen-bond donors (Lipinski definition) is 0. The Morgan fingerprint density at radius 2 is 2.24 bits per heavy atom. The van der Waals surface area contributed by atoms with E-state index in [0.717, 1.165) is 5.57 Å². The maximum absolute atomic E-state index is 13.6. The molecule has 0 amide bonds. The SMILES string of the molecule is C=C(CC)Cc1c(F)ccc(OC)c1[N+](=O)[O-]. The normalized spacial score (nSPS) is 10.1. The zero-order chi connectivity index (χ0) is 13.0. The van der Waals surface area contributed by atoms with Gasteiger partial charge in [0.1, 0.15) is 5.82 Å². The second-order valence-corrected chi connectivity index (χ2v) is 3.61. The molecule has 1 aromatic rings. The monoisotopic (exact) mass is 239 g/mol. The highest BCUT2D eigenvalue weighted by atomic mass is 19.1. The fraction of sp³-hybridized carbons (Fsp3) is 0.333. The summed E-state index contributed by atoms with van der Waals surface area (Å²) in [6.45, 7) is 5.60. The number of halogens is 1. The quantitative estimate of drug-likeness (QED) is 0.450. The predicted octanol–water partition coefficient (Wildman–Crippen LogP) is 3.25. The Hall–Kier alpha value is -1.91. The van der Waals surface area contributed by atoms with Crippen LogP contribution in [-0.4, -0.2) is 12.0 Å². The Balaban J connectivity index is 3.33. The minimum Gasteiger partial charge on any atom is -0.490 e. The molecule has 4 nitrogen and oxygen atoms in total. The number of ether oxygens (including phenoxy) is 1. The fourth-order valence-electron chi connectivity index (χ4n) is 1.50. The van der Waals surface area contributed by atoms with E-state index in [0.29, 0.717) is 6.42 Å². The molecule has 0 aromatic heterocycles. The molecule has 0 spiro atoms. The highest BCUT2D eigenvalue weighted by molar-refractivity contribution is 5.54. The van der Waals surface area contributed by atoms with Gasteiger partial charge in [0.2, 0.25) is 0 Å². The van der Waals surface area contributed by atoms with Gasteiger partial charge in [0, 0.05) is 6.42 Å². The summed E-state index contributed by atoms with van der Waals surface area (Å²) in [6.07, 6.45) is 0.795. The third-order valence-electron chi connectivity index (χ3n) is 2.52. The molecule has 0 N–H and O–H groups in total. The highest BCUT2D eigenvalue weighted by Gasteiger charge is 2.24. The van der Waals surface area contributed by atoms with Crippen LogP contribution in [0.2, 0.25) is 0 Å². The van der Waals surface area contributed by atoms with Crippen LogP contribution in [0.15, 0.2) is 24.3 Å². The molecule has 0 saturated carbocycles. The van der Waals surface area contributed by atoms with E-state index in [1.165, 1.54) is 19.2 Å². The molecule has 0 atom stereocenters. The van der Waals surface area contributed by atoms with E-state index in [9.17, 15) is 14.5 Å². The summed E-state index contributed by atoms with van der Waals surface area (Å²) < 4.78 is 18.5. The van der Waals surface area contributed by atoms with Gasteiger partial charge in [-0.3, -0.25) is 10.1 Å². The summed E-state index contributed by atoms with van der Waals surface area (Å²) in [5, 5.41) is 11.0. The third kappa shape index (κ3) is 2.81. The molecule has 0 radical (unpaired) electrons. The molecule has 0 aliphatic rings. The maximum Gasteiger partial charge on any atom is 0.317 e. The summed E-state index contributed by atoms with van der Waals surface area (Å²) >= 11 is 0. The van der Waals surface area contributed by atoms with Crippen molar-refractivity contribution in [2.45, 2.75) is 19.8 Å². The molecule has 1 aromatic carbocycles. The van der Waals surface area contributed by atoms with Gasteiger partial charge in [0.15, 0.2) is 5.75 Å². The molecule has 0 heterocycles. The average molecular weight is 239 g/mol. The number of nitrogens with zero attached hydrogens (tertiary/aromatic N) is 1. The van der Waals surface area contributed by atoms with E-state index in [4.69, 9.17) is 4.74 Å². The van der Waals surface area contributed by atoms with Gasteiger partial charge in [-0.15, -0.1) is 0 Å². The molecule has 0 fully saturated rings. The van der Waals surface area contributed by atoms with E-state index < -0.39 is 10.7 Å². The van der Waals surface area contributed by atoms with Crippen LogP contribution in [0, 0.1) is 15.9 Å². The summed E-state index contributed by atoms with van der Waals surface area (Å²) in [5.41, 5.74) is 0.448. The number of allylic oxidation sites excluding steroid dienone is 1. The van der Waals surface area contributed by atoms with Gasteiger partial charge in [-0.2, -0.15) is 0 Å². The highest BCUT2D eigenvalue weighted by Crippen LogP contribution is 2.34. The van der Waals surface area contributed by atoms with Crippen LogP contribution < -0.4 is 4.74 Å². The van der Waals surface area contributed by atoms with Gasteiger partial charge >= 0.3 is 5.69 Å². The summed E-state index contributed by atoms with van der Waals surface area (Å²) in [7, 11) is 1.32. The van der Waals surface area contributed by atoms with E-state index in [1.54, 1.807) is 0 Å². The first-order valence-corrected chi connectivity index (χ1v) is 5.17. The summed E-state index contributed by atoms with van der Waals surface area (Å²) in [5.74, 6) is -0.539. The van der Waals surface area contributed by atoms with Crippen LogP contribution in [0.25, 0.3) is 0 Å². The van der Waals surface area contributed by atoms with Crippen molar-refractivity contribution in [1.82, 2.24) is 0 Å². The van der Waals surface area contributed by atoms with E-state index in [2.05, 4.69) is 6.58 Å². The standard InChI is InChI=1S/C12H14FNO3/c1-4-8(2)7-9-10(13)5-6-11(17-3)12(9)14(15)16/h5-6H,2,4,7H2,1,3H3. The van der Waals surface area contributed by atoms with Gasteiger partial charge < -0.3 is 4.74 Å². The molecule has 0 aliphatic heterocycles. The largest absolute Gasteiger partial charge is 0.490 e. The van der Waals surface area contributed by atoms with Crippen molar-refractivity contribution in [2.24, 2.45) is 0 Å². The van der Waals surface area contributed by atoms with E-state index in [1.807, 2.05) is 6.92 Å². The first-order chi connectivity index (χ1) is 8.01. The van der Waals surface area contributed by atoms with Crippen molar-refractivity contribution < 1.29 is 14.1 Å². The van der Waals surface area contributed by atoms with Crippen molar-refractivity contribution in [3.8, 4) is 5.75 Å². The maximum atomic E-state index is 13.6. The van der Waals surface area contributed by atoms with E-state index >= 15 is 0 Å². The molecule has 0 unspecified atom stereocenters. The fourth-order valence-corrected chi connectivity index (χ4v) is 1.50. The second kappa shape index (κ2) is 5.43. The molecule has 5 heteroatoms. The lowest BCUT2D eigenvalue weighted by Gasteiger charge is -2.09. The van der Waals surface area contributed by atoms with Crippen molar-refractivity contribution in [3.05, 3.63) is 45.8 Å². The molecule has 92 valence electrons. The zero-order valence-electron chi connectivity index (χ0n) is 9.83. The molecule has 0 bridgehead atoms. The summed E-state index contributed by atoms with van der Waals surface area (Å²) in [4.78, 5) is 10.3. The van der Waals surface area contributed by atoms with Gasteiger partial charge in [-0.05, 0) is 18.6 Å². The molecule has 17 heavy (non-hydrogen) atoms. The number of methoxy groups -OCH3 is 1. The van der Waals surface area contributed by atoms with Crippen molar-refractivity contribution in [3.63, 3.8) is 0 Å². The number of nitro benzene ring substituents is 1. The van der Waals surface area contributed by atoms with Crippen LogP contribution in [0.3, 0.4) is 0 Å². The van der Waals surface area contributed by atoms with Gasteiger partial charge in [0.25, 0.3) is 0 Å². The van der Waals surface area contributed by atoms with Crippen LogP contribution in [0.5, 0.6) is 5.75 Å². The lowest BCUT2D eigenvalue weighted by Crippen LogP contribution is -2.03. The Kier molecular flexibility index (Phi) is 4.20. The minimum atomic E-state index is -0.625. The molecule has 0 saturated heterocycles. The number of nitro groups is 1. The Morgan fingerprint density at radius 1 is 1.59 bits per heavy atom. The topological polar surface area (TPSA) is 52.4 Å². The van der Waals surface area contributed by atoms with Crippen LogP contribution in [-0.2, 0) is 6.42 Å². The number of benzene rings is 1. The van der Waals surface area contributed by atoms with Crippen molar-refractivity contribution in [1.29, 1.82) is 0 Å².